The Hall–Kier alpha value is -2.73. The second-order valence-electron chi connectivity index (χ2n) is 8.77. The molecule has 1 atom stereocenters. The summed E-state index contributed by atoms with van der Waals surface area (Å²) in [5, 5.41) is 7.46. The molecule has 0 amide bonds. The van der Waals surface area contributed by atoms with Gasteiger partial charge in [-0.3, -0.25) is 0 Å². The van der Waals surface area contributed by atoms with E-state index in [9.17, 15) is 0 Å². The van der Waals surface area contributed by atoms with E-state index in [1.165, 1.54) is 18.5 Å². The van der Waals surface area contributed by atoms with Crippen LogP contribution in [-0.4, -0.2) is 42.9 Å². The number of fused-ring (bicyclic) bond motifs is 5. The average molecular weight is 407 g/mol. The van der Waals surface area contributed by atoms with Crippen LogP contribution in [-0.2, 0) is 0 Å². The molecule has 6 nitrogen and oxygen atoms in total. The predicted octanol–water partition coefficient (Wildman–Crippen LogP) is 2.74. The Morgan fingerprint density at radius 2 is 1.90 bits per heavy atom. The number of hydrogen-bond acceptors (Lipinski definition) is 5. The number of piperidine rings is 1. The van der Waals surface area contributed by atoms with Crippen molar-refractivity contribution in [3.8, 4) is 17.2 Å². The van der Waals surface area contributed by atoms with Gasteiger partial charge in [-0.05, 0) is 30.7 Å². The number of hydrogen-bond donors (Lipinski definition) is 1. The zero-order chi connectivity index (χ0) is 20.1. The number of para-hydroxylation sites is 1. The standard InChI is InChI=1S/C24H27N3O3/c1-2-11-26-12-9-24(10-13-26)27-20(18-5-3-4-6-21(18)30-24)15-19(25-27)17-7-8-22-23(14-17)29-16-28-22/h3-8,14,20H,2,9-13,15-16H2,1H3/p+1/t20-/m1/s1. The lowest BCUT2D eigenvalue weighted by Gasteiger charge is -2.50. The minimum absolute atomic E-state index is 0.225. The number of likely N-dealkylation sites (tertiary alicyclic amines) is 1. The summed E-state index contributed by atoms with van der Waals surface area (Å²) in [6.45, 7) is 6.06. The van der Waals surface area contributed by atoms with Gasteiger partial charge in [0.15, 0.2) is 11.5 Å². The van der Waals surface area contributed by atoms with Gasteiger partial charge >= 0.3 is 0 Å². The Labute approximate surface area is 177 Å². The van der Waals surface area contributed by atoms with Crippen molar-refractivity contribution >= 4 is 5.71 Å². The van der Waals surface area contributed by atoms with Gasteiger partial charge in [0.1, 0.15) is 5.75 Å². The number of ether oxygens (including phenoxy) is 3. The fourth-order valence-electron chi connectivity index (χ4n) is 5.41. The molecule has 6 heteroatoms. The van der Waals surface area contributed by atoms with Gasteiger partial charge in [0.05, 0.1) is 44.2 Å². The molecule has 2 aromatic rings. The number of quaternary nitrogens is 1. The molecule has 1 N–H and O–H groups in total. The van der Waals surface area contributed by atoms with Crippen LogP contribution >= 0.6 is 0 Å². The molecule has 2 aromatic carbocycles. The van der Waals surface area contributed by atoms with Gasteiger partial charge in [0, 0.05) is 17.5 Å². The average Bonchev–Trinajstić information content (AvgIpc) is 3.43. The summed E-state index contributed by atoms with van der Waals surface area (Å²) in [5.41, 5.74) is 3.11. The quantitative estimate of drug-likeness (QED) is 0.852. The molecular formula is C24H28N3O3+. The van der Waals surface area contributed by atoms with E-state index in [0.717, 1.165) is 60.9 Å². The molecule has 156 valence electrons. The van der Waals surface area contributed by atoms with Crippen molar-refractivity contribution in [2.24, 2.45) is 5.10 Å². The molecule has 0 bridgehead atoms. The van der Waals surface area contributed by atoms with Crippen molar-refractivity contribution in [1.82, 2.24) is 5.01 Å². The summed E-state index contributed by atoms with van der Waals surface area (Å²) in [6, 6.07) is 14.9. The van der Waals surface area contributed by atoms with Gasteiger partial charge in [-0.15, -0.1) is 0 Å². The predicted molar refractivity (Wildman–Crippen MR) is 113 cm³/mol. The number of nitrogens with one attached hydrogen (secondary N) is 1. The molecular weight excluding hydrogens is 378 g/mol. The van der Waals surface area contributed by atoms with Crippen molar-refractivity contribution in [3.63, 3.8) is 0 Å². The van der Waals surface area contributed by atoms with Crippen LogP contribution in [0.25, 0.3) is 0 Å². The number of nitrogens with zero attached hydrogens (tertiary/aromatic N) is 2. The molecule has 30 heavy (non-hydrogen) atoms. The van der Waals surface area contributed by atoms with Crippen LogP contribution in [0.2, 0.25) is 0 Å². The van der Waals surface area contributed by atoms with E-state index < -0.39 is 0 Å². The normalized spacial score (nSPS) is 28.7. The van der Waals surface area contributed by atoms with Gasteiger partial charge in [0.25, 0.3) is 0 Å². The van der Waals surface area contributed by atoms with Crippen molar-refractivity contribution in [1.29, 1.82) is 0 Å². The first-order valence-electron chi connectivity index (χ1n) is 11.1. The lowest BCUT2D eigenvalue weighted by molar-refractivity contribution is -0.908. The summed E-state index contributed by atoms with van der Waals surface area (Å²) in [7, 11) is 0. The highest BCUT2D eigenvalue weighted by molar-refractivity contribution is 6.02. The maximum absolute atomic E-state index is 6.72. The fourth-order valence-corrected chi connectivity index (χ4v) is 5.41. The van der Waals surface area contributed by atoms with E-state index >= 15 is 0 Å². The Bertz CT molecular complexity index is 997. The molecule has 1 fully saturated rings. The topological polar surface area (TPSA) is 47.7 Å². The Morgan fingerprint density at radius 1 is 1.07 bits per heavy atom. The molecule has 6 rings (SSSR count). The second-order valence-corrected chi connectivity index (χ2v) is 8.77. The van der Waals surface area contributed by atoms with E-state index in [0.29, 0.717) is 6.79 Å². The van der Waals surface area contributed by atoms with Crippen LogP contribution in [0.4, 0.5) is 0 Å². The zero-order valence-electron chi connectivity index (χ0n) is 17.4. The summed E-state index contributed by atoms with van der Waals surface area (Å²) >= 11 is 0. The molecule has 0 saturated carbocycles. The maximum Gasteiger partial charge on any atom is 0.231 e. The lowest BCUT2D eigenvalue weighted by atomic mass is 9.90. The zero-order valence-corrected chi connectivity index (χ0v) is 17.4. The summed E-state index contributed by atoms with van der Waals surface area (Å²) in [4.78, 5) is 1.68. The molecule has 0 aromatic heterocycles. The fraction of sp³-hybridized carbons (Fsp3) is 0.458. The van der Waals surface area contributed by atoms with Crippen LogP contribution in [0.15, 0.2) is 47.6 Å². The van der Waals surface area contributed by atoms with Crippen LogP contribution in [0.1, 0.15) is 49.8 Å². The first kappa shape index (κ1) is 18.1. The highest BCUT2D eigenvalue weighted by Crippen LogP contribution is 2.49. The largest absolute Gasteiger partial charge is 0.466 e. The summed E-state index contributed by atoms with van der Waals surface area (Å²) in [5.74, 6) is 2.65. The first-order valence-corrected chi connectivity index (χ1v) is 11.1. The van der Waals surface area contributed by atoms with Gasteiger partial charge in [0.2, 0.25) is 12.5 Å². The van der Waals surface area contributed by atoms with E-state index in [4.69, 9.17) is 19.3 Å². The third-order valence-corrected chi connectivity index (χ3v) is 6.95. The van der Waals surface area contributed by atoms with Crippen molar-refractivity contribution in [2.75, 3.05) is 26.4 Å². The Morgan fingerprint density at radius 3 is 2.77 bits per heavy atom. The minimum Gasteiger partial charge on any atom is -0.466 e. The van der Waals surface area contributed by atoms with Crippen molar-refractivity contribution in [2.45, 2.75) is 44.4 Å². The highest BCUT2D eigenvalue weighted by atomic mass is 16.7. The smallest absolute Gasteiger partial charge is 0.231 e. The van der Waals surface area contributed by atoms with Crippen LogP contribution in [0.3, 0.4) is 0 Å². The van der Waals surface area contributed by atoms with Crippen LogP contribution in [0, 0.1) is 0 Å². The van der Waals surface area contributed by atoms with Gasteiger partial charge in [-0.2, -0.15) is 5.10 Å². The number of rotatable bonds is 3. The number of hydrazone groups is 1. The Balaban J connectivity index is 1.36. The van der Waals surface area contributed by atoms with Crippen molar-refractivity contribution in [3.05, 3.63) is 53.6 Å². The molecule has 4 heterocycles. The molecule has 4 aliphatic rings. The van der Waals surface area contributed by atoms with Crippen molar-refractivity contribution < 1.29 is 19.1 Å². The molecule has 0 aliphatic carbocycles. The molecule has 1 saturated heterocycles. The second kappa shape index (κ2) is 6.91. The summed E-state index contributed by atoms with van der Waals surface area (Å²) in [6.07, 6.45) is 4.12. The van der Waals surface area contributed by atoms with Gasteiger partial charge < -0.3 is 19.1 Å². The lowest BCUT2D eigenvalue weighted by Crippen LogP contribution is -3.14. The van der Waals surface area contributed by atoms with E-state index in [2.05, 4.69) is 48.3 Å². The SMILES string of the molecule is CCC[NH+]1CCC2(CC1)Oc1ccccc1[C@H]1CC(c3ccc4c(c3)OCO4)=NN12. The first-order chi connectivity index (χ1) is 14.8. The minimum atomic E-state index is -0.339. The summed E-state index contributed by atoms with van der Waals surface area (Å²) < 4.78 is 17.8. The molecule has 4 aliphatic heterocycles. The van der Waals surface area contributed by atoms with Crippen LogP contribution in [0.5, 0.6) is 17.2 Å². The van der Waals surface area contributed by atoms with Gasteiger partial charge in [-0.25, -0.2) is 5.01 Å². The molecule has 0 unspecified atom stereocenters. The third kappa shape index (κ3) is 2.77. The third-order valence-electron chi connectivity index (χ3n) is 6.95. The van der Waals surface area contributed by atoms with Crippen LogP contribution < -0.4 is 19.1 Å². The van der Waals surface area contributed by atoms with Gasteiger partial charge in [-0.1, -0.05) is 25.1 Å². The molecule has 0 radical (unpaired) electrons. The van der Waals surface area contributed by atoms with E-state index in [1.807, 2.05) is 6.07 Å². The molecule has 1 spiro atoms. The highest BCUT2D eigenvalue weighted by Gasteiger charge is 2.52. The van der Waals surface area contributed by atoms with E-state index in [-0.39, 0.29) is 11.8 Å². The maximum atomic E-state index is 6.72. The van der Waals surface area contributed by atoms with E-state index in [1.54, 1.807) is 4.90 Å². The monoisotopic (exact) mass is 406 g/mol. The number of benzene rings is 2. The Kier molecular flexibility index (Phi) is 4.16.